The Balaban J connectivity index is 0.000000703. The van der Waals surface area contributed by atoms with Crippen LogP contribution in [0.3, 0.4) is 0 Å². The van der Waals surface area contributed by atoms with E-state index in [0.717, 1.165) is 22.4 Å². The molecule has 0 amide bonds. The largest absolute Gasteiger partial charge is 0.548 e. The Morgan fingerprint density at radius 1 is 0.966 bits per heavy atom. The molecule has 2 bridgehead atoms. The van der Waals surface area contributed by atoms with Gasteiger partial charge in [-0.1, -0.05) is 17.7 Å². The number of azo groups is 1. The van der Waals surface area contributed by atoms with Gasteiger partial charge in [0.25, 0.3) is 0 Å². The van der Waals surface area contributed by atoms with E-state index >= 15 is 0 Å². The van der Waals surface area contributed by atoms with Crippen molar-refractivity contribution >= 4 is 46.7 Å². The summed E-state index contributed by atoms with van der Waals surface area (Å²) >= 11 is 0. The maximum absolute atomic E-state index is 11.9. The molecule has 20 heteroatoms. The molecular formula is C38H50N14O6. The van der Waals surface area contributed by atoms with E-state index in [1.54, 1.807) is 7.11 Å². The van der Waals surface area contributed by atoms with Gasteiger partial charge in [0.1, 0.15) is 18.2 Å². The van der Waals surface area contributed by atoms with Gasteiger partial charge in [0.2, 0.25) is 11.8 Å². The first kappa shape index (κ1) is 43.0. The lowest BCUT2D eigenvalue weighted by molar-refractivity contribution is -0.914. The fourth-order valence-electron chi connectivity index (χ4n) is 6.29. The standard InChI is InChI=1S/C32H38N12O6.C6H12N2/c1-20-13-21(2)27(22(3)14-20)38-32-39-30(36-7-5-11-48-4)28(31(40-32)37-8-6-12-50-26(47)19-49-18-25(45)46)41-42-29-23(15-33)17-44(43-29)24-16-34-9-10-35-24;1-2-8-5-3-7(1)4-6-8/h9-10,13-14,16-17H,5-8,11-12,18-19H2,1-4H3,(H,45,46)(H3,36,37,38,39,40);1-6H2. The number of carbonyl (C=O) groups is 2. The van der Waals surface area contributed by atoms with Gasteiger partial charge in [-0.25, -0.2) is 14.5 Å². The SMILES string of the molecule is C1C[NH+]2CCN1CC2.COCCCNc1nc(Nc2c(C)cc(C)cc2C)nc(NCCCOC(=O)COCC(=O)[O-])c1N=Nc1nn(-c2cnccn2)cc1C#N. The van der Waals surface area contributed by atoms with Crippen molar-refractivity contribution < 1.29 is 33.8 Å². The molecule has 58 heavy (non-hydrogen) atoms. The van der Waals surface area contributed by atoms with E-state index in [1.165, 1.54) is 68.7 Å². The van der Waals surface area contributed by atoms with E-state index in [1.807, 2.05) is 25.7 Å². The number of rotatable bonds is 19. The van der Waals surface area contributed by atoms with Crippen LogP contribution in [0.2, 0.25) is 0 Å². The van der Waals surface area contributed by atoms with Crippen LogP contribution in [0.1, 0.15) is 35.1 Å². The highest BCUT2D eigenvalue weighted by Gasteiger charge is 2.25. The average molecular weight is 799 g/mol. The number of carbonyl (C=O) groups excluding carboxylic acids is 2. The third kappa shape index (κ3) is 13.0. The summed E-state index contributed by atoms with van der Waals surface area (Å²) in [6, 6.07) is 6.18. The smallest absolute Gasteiger partial charge is 0.332 e. The molecule has 0 unspecified atom stereocenters. The van der Waals surface area contributed by atoms with Crippen molar-refractivity contribution in [3.05, 3.63) is 59.2 Å². The number of esters is 1. The number of nitrogens with zero attached hydrogens (tertiary/aromatic N) is 10. The van der Waals surface area contributed by atoms with Crippen molar-refractivity contribution in [2.75, 3.05) is 102 Å². The Morgan fingerprint density at radius 3 is 2.19 bits per heavy atom. The van der Waals surface area contributed by atoms with E-state index < -0.39 is 25.2 Å². The number of hydrogen-bond acceptors (Lipinski definition) is 18. The third-order valence-electron chi connectivity index (χ3n) is 9.12. The predicted molar refractivity (Wildman–Crippen MR) is 211 cm³/mol. The summed E-state index contributed by atoms with van der Waals surface area (Å²) in [6.45, 7) is 14.3. The molecule has 3 saturated heterocycles. The summed E-state index contributed by atoms with van der Waals surface area (Å²) in [6.07, 6.45) is 7.01. The van der Waals surface area contributed by atoms with Crippen molar-refractivity contribution in [2.45, 2.75) is 33.6 Å². The van der Waals surface area contributed by atoms with Gasteiger partial charge in [0.05, 0.1) is 51.2 Å². The van der Waals surface area contributed by atoms with Crippen LogP contribution in [0.15, 0.2) is 47.1 Å². The number of aliphatic carboxylic acids is 1. The zero-order valence-corrected chi connectivity index (χ0v) is 33.3. The summed E-state index contributed by atoms with van der Waals surface area (Å²) in [5, 5.41) is 43.3. The van der Waals surface area contributed by atoms with Crippen molar-refractivity contribution in [3.8, 4) is 11.9 Å². The first-order valence-electron chi connectivity index (χ1n) is 19.0. The van der Waals surface area contributed by atoms with Gasteiger partial charge in [-0.05, 0) is 44.7 Å². The number of aromatic nitrogens is 6. The molecule has 0 radical (unpaired) electrons. The lowest BCUT2D eigenvalue weighted by Gasteiger charge is -2.38. The number of nitriles is 1. The summed E-state index contributed by atoms with van der Waals surface area (Å²) in [4.78, 5) is 44.5. The van der Waals surface area contributed by atoms with Crippen LogP contribution in [0.25, 0.3) is 5.82 Å². The molecule has 3 aromatic heterocycles. The number of methoxy groups -OCH3 is 1. The molecule has 308 valence electrons. The van der Waals surface area contributed by atoms with Crippen molar-refractivity contribution in [1.82, 2.24) is 34.6 Å². The number of piperazine rings is 3. The Bertz CT molecular complexity index is 2000. The average Bonchev–Trinajstić information content (AvgIpc) is 3.65. The minimum atomic E-state index is -1.43. The third-order valence-corrected chi connectivity index (χ3v) is 9.12. The molecule has 3 fully saturated rings. The fraction of sp³-hybridized carbons (Fsp3) is 0.474. The summed E-state index contributed by atoms with van der Waals surface area (Å²) < 4.78 is 16.4. The lowest BCUT2D eigenvalue weighted by Crippen LogP contribution is -3.17. The lowest BCUT2D eigenvalue weighted by atomic mass is 10.1. The molecule has 7 rings (SSSR count). The molecule has 3 aliphatic heterocycles. The highest BCUT2D eigenvalue weighted by Crippen LogP contribution is 2.35. The van der Waals surface area contributed by atoms with Gasteiger partial charge in [-0.3, -0.25) is 9.88 Å². The van der Waals surface area contributed by atoms with Gasteiger partial charge in [-0.2, -0.15) is 15.2 Å². The first-order chi connectivity index (χ1) is 28.1. The predicted octanol–water partition coefficient (Wildman–Crippen LogP) is 1.17. The number of quaternary nitrogens is 1. The first-order valence-corrected chi connectivity index (χ1v) is 19.0. The number of nitrogens with one attached hydrogen (secondary N) is 4. The number of fused-ring (bicyclic) bond motifs is 3. The van der Waals surface area contributed by atoms with E-state index in [-0.39, 0.29) is 36.2 Å². The van der Waals surface area contributed by atoms with Crippen LogP contribution in [0, 0.1) is 32.1 Å². The number of carboxylic acids is 1. The van der Waals surface area contributed by atoms with E-state index in [0.29, 0.717) is 43.4 Å². The van der Waals surface area contributed by atoms with Gasteiger partial charge < -0.3 is 45.0 Å². The van der Waals surface area contributed by atoms with E-state index in [9.17, 15) is 20.0 Å². The normalized spacial score (nSPS) is 15.6. The second-order valence-electron chi connectivity index (χ2n) is 13.7. The fourth-order valence-corrected chi connectivity index (χ4v) is 6.29. The second kappa shape index (κ2) is 22.0. The summed E-state index contributed by atoms with van der Waals surface area (Å²) in [7, 11) is 1.62. The van der Waals surface area contributed by atoms with Crippen molar-refractivity contribution in [3.63, 3.8) is 0 Å². The van der Waals surface area contributed by atoms with Crippen molar-refractivity contribution in [2.24, 2.45) is 10.2 Å². The van der Waals surface area contributed by atoms with Crippen LogP contribution >= 0.6 is 0 Å². The second-order valence-corrected chi connectivity index (χ2v) is 13.7. The quantitative estimate of drug-likeness (QED) is 0.0591. The zero-order chi connectivity index (χ0) is 41.3. The molecule has 0 saturated carbocycles. The Kier molecular flexibility index (Phi) is 16.3. The molecule has 1 aromatic carbocycles. The number of aryl methyl sites for hydroxylation is 3. The van der Waals surface area contributed by atoms with Gasteiger partial charge in [0, 0.05) is 64.5 Å². The van der Waals surface area contributed by atoms with Crippen LogP contribution in [0.4, 0.5) is 34.8 Å². The molecule has 6 heterocycles. The maximum atomic E-state index is 11.9. The van der Waals surface area contributed by atoms with Crippen LogP contribution < -0.4 is 26.0 Å². The minimum absolute atomic E-state index is 0.0166. The molecular weight excluding hydrogens is 749 g/mol. The Morgan fingerprint density at radius 2 is 1.64 bits per heavy atom. The van der Waals surface area contributed by atoms with Gasteiger partial charge in [-0.15, -0.1) is 15.3 Å². The molecule has 4 aromatic rings. The summed E-state index contributed by atoms with van der Waals surface area (Å²) in [5.74, 6) is -0.812. The van der Waals surface area contributed by atoms with E-state index in [4.69, 9.17) is 24.2 Å². The van der Waals surface area contributed by atoms with Crippen LogP contribution in [-0.4, -0.2) is 132 Å². The minimum Gasteiger partial charge on any atom is -0.548 e. The number of hydrogen-bond donors (Lipinski definition) is 4. The number of ether oxygens (including phenoxy) is 3. The molecule has 0 spiro atoms. The van der Waals surface area contributed by atoms with Crippen molar-refractivity contribution in [1.29, 1.82) is 5.26 Å². The number of anilines is 4. The van der Waals surface area contributed by atoms with Crippen LogP contribution in [-0.2, 0) is 23.8 Å². The topological polar surface area (TPSA) is 247 Å². The molecule has 3 aliphatic rings. The highest BCUT2D eigenvalue weighted by molar-refractivity contribution is 5.77. The highest BCUT2D eigenvalue weighted by atomic mass is 16.6. The van der Waals surface area contributed by atoms with Gasteiger partial charge in [0.15, 0.2) is 23.1 Å². The van der Waals surface area contributed by atoms with E-state index in [2.05, 4.69) is 64.3 Å². The van der Waals surface area contributed by atoms with Crippen LogP contribution in [0.5, 0.6) is 0 Å². The number of benzene rings is 1. The molecule has 20 nitrogen and oxygen atoms in total. The Hall–Kier alpha value is -6.14. The molecule has 0 atom stereocenters. The Labute approximate surface area is 336 Å². The molecule has 4 N–H and O–H groups in total. The monoisotopic (exact) mass is 798 g/mol. The zero-order valence-electron chi connectivity index (χ0n) is 33.3. The maximum Gasteiger partial charge on any atom is 0.332 e. The summed E-state index contributed by atoms with van der Waals surface area (Å²) in [5.41, 5.74) is 4.37. The van der Waals surface area contributed by atoms with Gasteiger partial charge >= 0.3 is 5.97 Å². The number of carboxylic acid groups (broad SMARTS) is 1. The molecule has 0 aliphatic carbocycles.